The van der Waals surface area contributed by atoms with Gasteiger partial charge >= 0.3 is 0 Å². The van der Waals surface area contributed by atoms with Crippen molar-refractivity contribution in [3.63, 3.8) is 0 Å². The van der Waals surface area contributed by atoms with Gasteiger partial charge in [-0.1, -0.05) is 13.0 Å². The Kier molecular flexibility index (Phi) is 4.58. The maximum absolute atomic E-state index is 6.12. The van der Waals surface area contributed by atoms with Crippen LogP contribution in [0.3, 0.4) is 0 Å². The molecule has 1 aromatic rings. The van der Waals surface area contributed by atoms with E-state index in [9.17, 15) is 0 Å². The monoisotopic (exact) mass is 212 g/mol. The van der Waals surface area contributed by atoms with Crippen molar-refractivity contribution >= 4 is 11.3 Å². The predicted octanol–water partition coefficient (Wildman–Crippen LogP) is 2.48. The third-order valence-corrected chi connectivity index (χ3v) is 3.48. The first kappa shape index (κ1) is 11.7. The Hall–Kier alpha value is -0.380. The van der Waals surface area contributed by atoms with E-state index in [0.717, 1.165) is 13.1 Å². The molecule has 2 N–H and O–H groups in total. The third kappa shape index (κ3) is 3.08. The molecule has 3 heteroatoms. The molecule has 14 heavy (non-hydrogen) atoms. The third-order valence-electron chi connectivity index (χ3n) is 2.48. The molecule has 1 atom stereocenters. The van der Waals surface area contributed by atoms with E-state index in [1.54, 1.807) is 11.3 Å². The van der Waals surface area contributed by atoms with Crippen LogP contribution in [-0.2, 0) is 0 Å². The van der Waals surface area contributed by atoms with Crippen LogP contribution in [0, 0.1) is 0 Å². The zero-order valence-electron chi connectivity index (χ0n) is 9.23. The summed E-state index contributed by atoms with van der Waals surface area (Å²) in [5, 5.41) is 2.08. The number of thiophene rings is 1. The van der Waals surface area contributed by atoms with E-state index in [1.165, 1.54) is 4.88 Å². The molecular formula is C11H20N2S. The summed E-state index contributed by atoms with van der Waals surface area (Å²) in [6.45, 7) is 8.63. The maximum Gasteiger partial charge on any atom is 0.0519 e. The van der Waals surface area contributed by atoms with Crippen molar-refractivity contribution in [2.45, 2.75) is 32.9 Å². The Morgan fingerprint density at radius 2 is 2.21 bits per heavy atom. The highest BCUT2D eigenvalue weighted by Gasteiger charge is 2.13. The molecule has 2 nitrogen and oxygen atoms in total. The number of rotatable bonds is 5. The number of hydrogen-bond acceptors (Lipinski definition) is 3. The molecule has 1 rings (SSSR count). The molecule has 1 heterocycles. The molecule has 1 unspecified atom stereocenters. The summed E-state index contributed by atoms with van der Waals surface area (Å²) < 4.78 is 0. The number of likely N-dealkylation sites (N-methyl/N-ethyl adjacent to an activating group) is 1. The summed E-state index contributed by atoms with van der Waals surface area (Å²) in [6, 6.07) is 4.91. The summed E-state index contributed by atoms with van der Waals surface area (Å²) in [5.74, 6) is 0. The second-order valence-electron chi connectivity index (χ2n) is 3.80. The van der Waals surface area contributed by atoms with Crippen LogP contribution >= 0.6 is 11.3 Å². The van der Waals surface area contributed by atoms with Gasteiger partial charge < -0.3 is 5.73 Å². The van der Waals surface area contributed by atoms with Crippen molar-refractivity contribution in [1.29, 1.82) is 0 Å². The van der Waals surface area contributed by atoms with Gasteiger partial charge in [-0.3, -0.25) is 4.90 Å². The lowest BCUT2D eigenvalue weighted by molar-refractivity contribution is 0.220. The topological polar surface area (TPSA) is 29.3 Å². The molecule has 0 fully saturated rings. The number of hydrogen-bond donors (Lipinski definition) is 1. The van der Waals surface area contributed by atoms with Gasteiger partial charge in [0.1, 0.15) is 0 Å². The van der Waals surface area contributed by atoms with Crippen molar-refractivity contribution < 1.29 is 0 Å². The normalized spacial score (nSPS) is 13.9. The van der Waals surface area contributed by atoms with Crippen molar-refractivity contribution in [3.8, 4) is 0 Å². The van der Waals surface area contributed by atoms with Gasteiger partial charge in [0.2, 0.25) is 0 Å². The zero-order chi connectivity index (χ0) is 10.6. The molecular weight excluding hydrogens is 192 g/mol. The van der Waals surface area contributed by atoms with Crippen LogP contribution in [0.15, 0.2) is 17.5 Å². The minimum absolute atomic E-state index is 0.164. The number of nitrogens with two attached hydrogens (primary N) is 1. The van der Waals surface area contributed by atoms with Gasteiger partial charge in [0.05, 0.1) is 6.04 Å². The largest absolute Gasteiger partial charge is 0.322 e. The maximum atomic E-state index is 6.12. The minimum atomic E-state index is 0.164. The van der Waals surface area contributed by atoms with Crippen LogP contribution in [-0.4, -0.2) is 24.0 Å². The first-order valence-electron chi connectivity index (χ1n) is 5.18. The lowest BCUT2D eigenvalue weighted by Crippen LogP contribution is -2.36. The van der Waals surface area contributed by atoms with Gasteiger partial charge in [0.25, 0.3) is 0 Å². The van der Waals surface area contributed by atoms with E-state index in [4.69, 9.17) is 5.73 Å². The fourth-order valence-corrected chi connectivity index (χ4v) is 2.27. The number of nitrogens with zero attached hydrogens (tertiary/aromatic N) is 1. The Balaban J connectivity index is 2.51. The van der Waals surface area contributed by atoms with Crippen molar-refractivity contribution in [2.24, 2.45) is 5.73 Å². The standard InChI is InChI=1S/C11H20N2S/c1-4-13(9(2)3)8-10(12)11-6-5-7-14-11/h5-7,9-10H,4,8,12H2,1-3H3. The second kappa shape index (κ2) is 5.49. The summed E-state index contributed by atoms with van der Waals surface area (Å²) in [7, 11) is 0. The predicted molar refractivity (Wildman–Crippen MR) is 63.6 cm³/mol. The molecule has 0 aliphatic carbocycles. The smallest absolute Gasteiger partial charge is 0.0519 e. The van der Waals surface area contributed by atoms with Gasteiger partial charge in [-0.15, -0.1) is 11.3 Å². The first-order valence-corrected chi connectivity index (χ1v) is 6.06. The van der Waals surface area contributed by atoms with Gasteiger partial charge in [-0.05, 0) is 31.8 Å². The quantitative estimate of drug-likeness (QED) is 0.812. The average molecular weight is 212 g/mol. The Morgan fingerprint density at radius 1 is 1.50 bits per heavy atom. The average Bonchev–Trinajstić information content (AvgIpc) is 2.65. The van der Waals surface area contributed by atoms with E-state index >= 15 is 0 Å². The Labute approximate surface area is 90.7 Å². The Bertz CT molecular complexity index is 244. The highest BCUT2D eigenvalue weighted by atomic mass is 32.1. The zero-order valence-corrected chi connectivity index (χ0v) is 10.1. The van der Waals surface area contributed by atoms with E-state index in [2.05, 4.69) is 43.2 Å². The van der Waals surface area contributed by atoms with Crippen LogP contribution in [0.4, 0.5) is 0 Å². The van der Waals surface area contributed by atoms with Gasteiger partial charge in [-0.2, -0.15) is 0 Å². The fourth-order valence-electron chi connectivity index (χ4n) is 1.55. The lowest BCUT2D eigenvalue weighted by Gasteiger charge is -2.27. The highest BCUT2D eigenvalue weighted by Crippen LogP contribution is 2.18. The van der Waals surface area contributed by atoms with E-state index in [0.29, 0.717) is 6.04 Å². The summed E-state index contributed by atoms with van der Waals surface area (Å²) in [4.78, 5) is 3.67. The molecule has 0 saturated carbocycles. The fraction of sp³-hybridized carbons (Fsp3) is 0.636. The molecule has 0 bridgehead atoms. The molecule has 1 aromatic heterocycles. The summed E-state index contributed by atoms with van der Waals surface area (Å²) >= 11 is 1.74. The first-order chi connectivity index (χ1) is 6.65. The Morgan fingerprint density at radius 3 is 2.64 bits per heavy atom. The van der Waals surface area contributed by atoms with Crippen molar-refractivity contribution in [1.82, 2.24) is 4.90 Å². The molecule has 0 radical (unpaired) electrons. The molecule has 80 valence electrons. The molecule has 0 amide bonds. The SMILES string of the molecule is CCN(CC(N)c1cccs1)C(C)C. The molecule has 0 aliphatic rings. The van der Waals surface area contributed by atoms with Crippen molar-refractivity contribution in [2.75, 3.05) is 13.1 Å². The van der Waals surface area contributed by atoms with Crippen LogP contribution in [0.5, 0.6) is 0 Å². The molecule has 0 aromatic carbocycles. The van der Waals surface area contributed by atoms with Gasteiger partial charge in [0, 0.05) is 17.5 Å². The van der Waals surface area contributed by atoms with Crippen LogP contribution in [0.25, 0.3) is 0 Å². The van der Waals surface area contributed by atoms with Crippen LogP contribution in [0.1, 0.15) is 31.7 Å². The van der Waals surface area contributed by atoms with E-state index < -0.39 is 0 Å². The van der Waals surface area contributed by atoms with Gasteiger partial charge in [0.15, 0.2) is 0 Å². The molecule has 0 saturated heterocycles. The van der Waals surface area contributed by atoms with Crippen LogP contribution < -0.4 is 5.73 Å². The van der Waals surface area contributed by atoms with E-state index in [1.807, 2.05) is 0 Å². The van der Waals surface area contributed by atoms with E-state index in [-0.39, 0.29) is 6.04 Å². The van der Waals surface area contributed by atoms with Gasteiger partial charge in [-0.25, -0.2) is 0 Å². The minimum Gasteiger partial charge on any atom is -0.322 e. The lowest BCUT2D eigenvalue weighted by atomic mass is 10.2. The second-order valence-corrected chi connectivity index (χ2v) is 4.78. The van der Waals surface area contributed by atoms with Crippen molar-refractivity contribution in [3.05, 3.63) is 22.4 Å². The summed E-state index contributed by atoms with van der Waals surface area (Å²) in [5.41, 5.74) is 6.12. The highest BCUT2D eigenvalue weighted by molar-refractivity contribution is 7.10. The molecule has 0 spiro atoms. The van der Waals surface area contributed by atoms with Crippen LogP contribution in [0.2, 0.25) is 0 Å². The molecule has 0 aliphatic heterocycles. The summed E-state index contributed by atoms with van der Waals surface area (Å²) in [6.07, 6.45) is 0.